The third kappa shape index (κ3) is 6.27. The molecule has 0 heterocycles. The van der Waals surface area contributed by atoms with Gasteiger partial charge in [-0.3, -0.25) is 20.4 Å². The molecule has 0 aliphatic heterocycles. The summed E-state index contributed by atoms with van der Waals surface area (Å²) in [6, 6.07) is 9.01. The second-order valence-electron chi connectivity index (χ2n) is 5.70. The van der Waals surface area contributed by atoms with Crippen molar-refractivity contribution < 1.29 is 32.2 Å². The van der Waals surface area contributed by atoms with Gasteiger partial charge in [0, 0.05) is 11.6 Å². The fraction of sp³-hybridized carbons (Fsp3) is 0.200. The SMILES string of the molecule is CCOc1ccc(C(=O)NNC(=O)/C=C/c2cccc(C(F)(F)F)c2)cc1OC. The number of benzene rings is 2. The molecule has 2 aromatic rings. The molecule has 0 saturated heterocycles. The maximum atomic E-state index is 12.7. The molecular formula is C20H19F3N2O4. The first-order valence-corrected chi connectivity index (χ1v) is 8.51. The topological polar surface area (TPSA) is 76.7 Å². The summed E-state index contributed by atoms with van der Waals surface area (Å²) in [6.45, 7) is 2.23. The van der Waals surface area contributed by atoms with Crippen LogP contribution in [0.5, 0.6) is 11.5 Å². The van der Waals surface area contributed by atoms with Crippen LogP contribution in [0.25, 0.3) is 6.08 Å². The van der Waals surface area contributed by atoms with E-state index in [1.165, 1.54) is 37.5 Å². The fourth-order valence-electron chi connectivity index (χ4n) is 2.31. The summed E-state index contributed by atoms with van der Waals surface area (Å²) in [4.78, 5) is 24.0. The number of hydrazine groups is 1. The predicted molar refractivity (Wildman–Crippen MR) is 100 cm³/mol. The molecule has 0 saturated carbocycles. The van der Waals surface area contributed by atoms with E-state index in [-0.39, 0.29) is 11.1 Å². The Bertz CT molecular complexity index is 911. The number of carbonyl (C=O) groups is 2. The quantitative estimate of drug-likeness (QED) is 0.566. The van der Waals surface area contributed by atoms with Gasteiger partial charge < -0.3 is 9.47 Å². The Morgan fingerprint density at radius 2 is 1.83 bits per heavy atom. The number of amides is 2. The Kier molecular flexibility index (Phi) is 7.24. The summed E-state index contributed by atoms with van der Waals surface area (Å²) in [6.07, 6.45) is -2.26. The Morgan fingerprint density at radius 3 is 2.48 bits per heavy atom. The number of carbonyl (C=O) groups excluding carboxylic acids is 2. The molecule has 0 aliphatic carbocycles. The number of methoxy groups -OCH3 is 1. The summed E-state index contributed by atoms with van der Waals surface area (Å²) in [5, 5.41) is 0. The second-order valence-corrected chi connectivity index (χ2v) is 5.70. The van der Waals surface area contributed by atoms with E-state index in [2.05, 4.69) is 10.9 Å². The standard InChI is InChI=1S/C20H19F3N2O4/c1-3-29-16-9-8-14(12-17(16)28-2)19(27)25-24-18(26)10-7-13-5-4-6-15(11-13)20(21,22)23/h4-12H,3H2,1-2H3,(H,24,26)(H,25,27)/b10-7+. The maximum absolute atomic E-state index is 12.7. The largest absolute Gasteiger partial charge is 0.493 e. The third-order valence-electron chi connectivity index (χ3n) is 3.67. The number of nitrogens with one attached hydrogen (secondary N) is 2. The molecule has 29 heavy (non-hydrogen) atoms. The molecule has 9 heteroatoms. The van der Waals surface area contributed by atoms with Gasteiger partial charge in [0.1, 0.15) is 0 Å². The van der Waals surface area contributed by atoms with Gasteiger partial charge in [-0.05, 0) is 48.9 Å². The van der Waals surface area contributed by atoms with Gasteiger partial charge in [0.05, 0.1) is 19.3 Å². The average molecular weight is 408 g/mol. The van der Waals surface area contributed by atoms with Crippen molar-refractivity contribution in [1.29, 1.82) is 0 Å². The lowest BCUT2D eigenvalue weighted by molar-refractivity contribution is -0.137. The lowest BCUT2D eigenvalue weighted by atomic mass is 10.1. The van der Waals surface area contributed by atoms with Crippen LogP contribution < -0.4 is 20.3 Å². The Balaban J connectivity index is 1.97. The highest BCUT2D eigenvalue weighted by Gasteiger charge is 2.30. The monoisotopic (exact) mass is 408 g/mol. The molecule has 0 aromatic heterocycles. The Morgan fingerprint density at radius 1 is 1.07 bits per heavy atom. The third-order valence-corrected chi connectivity index (χ3v) is 3.67. The van der Waals surface area contributed by atoms with Gasteiger partial charge in [-0.15, -0.1) is 0 Å². The number of hydrogen-bond donors (Lipinski definition) is 2. The van der Waals surface area contributed by atoms with Crippen molar-refractivity contribution in [3.8, 4) is 11.5 Å². The van der Waals surface area contributed by atoms with E-state index in [0.29, 0.717) is 18.1 Å². The lowest BCUT2D eigenvalue weighted by Crippen LogP contribution is -2.40. The summed E-state index contributed by atoms with van der Waals surface area (Å²) >= 11 is 0. The van der Waals surface area contributed by atoms with Crippen LogP contribution in [-0.4, -0.2) is 25.5 Å². The minimum atomic E-state index is -4.47. The molecule has 6 nitrogen and oxygen atoms in total. The average Bonchev–Trinajstić information content (AvgIpc) is 2.70. The smallest absolute Gasteiger partial charge is 0.416 e. The van der Waals surface area contributed by atoms with Crippen molar-refractivity contribution in [3.05, 3.63) is 65.2 Å². The molecule has 0 aliphatic rings. The molecule has 154 valence electrons. The van der Waals surface area contributed by atoms with Crippen molar-refractivity contribution in [2.24, 2.45) is 0 Å². The van der Waals surface area contributed by atoms with Gasteiger partial charge in [-0.2, -0.15) is 13.2 Å². The van der Waals surface area contributed by atoms with Gasteiger partial charge in [-0.25, -0.2) is 0 Å². The molecule has 0 fully saturated rings. The summed E-state index contributed by atoms with van der Waals surface area (Å²) in [5.41, 5.74) is 3.95. The number of rotatable bonds is 6. The molecule has 0 spiro atoms. The van der Waals surface area contributed by atoms with Crippen LogP contribution in [0.15, 0.2) is 48.5 Å². The summed E-state index contributed by atoms with van der Waals surface area (Å²) in [7, 11) is 1.43. The number of ether oxygens (including phenoxy) is 2. The minimum absolute atomic E-state index is 0.192. The van der Waals surface area contributed by atoms with E-state index in [1.807, 2.05) is 6.92 Å². The zero-order valence-electron chi connectivity index (χ0n) is 15.7. The second kappa shape index (κ2) is 9.63. The first-order valence-electron chi connectivity index (χ1n) is 8.51. The highest BCUT2D eigenvalue weighted by Crippen LogP contribution is 2.30. The van der Waals surface area contributed by atoms with Crippen LogP contribution >= 0.6 is 0 Å². The van der Waals surface area contributed by atoms with Gasteiger partial charge in [0.25, 0.3) is 11.8 Å². The Labute approximate surface area is 165 Å². The van der Waals surface area contributed by atoms with Crippen LogP contribution in [0.1, 0.15) is 28.4 Å². The number of hydrogen-bond acceptors (Lipinski definition) is 4. The number of alkyl halides is 3. The predicted octanol–water partition coefficient (Wildman–Crippen LogP) is 3.59. The zero-order chi connectivity index (χ0) is 21.4. The fourth-order valence-corrected chi connectivity index (χ4v) is 2.31. The summed E-state index contributed by atoms with van der Waals surface area (Å²) in [5.74, 6) is -0.490. The van der Waals surface area contributed by atoms with Gasteiger partial charge in [0.15, 0.2) is 11.5 Å². The van der Waals surface area contributed by atoms with Crippen molar-refractivity contribution in [2.45, 2.75) is 13.1 Å². The molecular weight excluding hydrogens is 389 g/mol. The zero-order valence-corrected chi connectivity index (χ0v) is 15.7. The van der Waals surface area contributed by atoms with E-state index >= 15 is 0 Å². The Hall–Kier alpha value is -3.49. The normalized spacial score (nSPS) is 11.2. The van der Waals surface area contributed by atoms with E-state index in [1.54, 1.807) is 6.07 Å². The van der Waals surface area contributed by atoms with E-state index in [0.717, 1.165) is 18.2 Å². The van der Waals surface area contributed by atoms with Crippen molar-refractivity contribution in [1.82, 2.24) is 10.9 Å². The highest BCUT2D eigenvalue weighted by atomic mass is 19.4. The van der Waals surface area contributed by atoms with Crippen LogP contribution in [0.3, 0.4) is 0 Å². The molecule has 0 radical (unpaired) electrons. The maximum Gasteiger partial charge on any atom is 0.416 e. The molecule has 2 rings (SSSR count). The van der Waals surface area contributed by atoms with Crippen molar-refractivity contribution in [3.63, 3.8) is 0 Å². The molecule has 0 atom stereocenters. The highest BCUT2D eigenvalue weighted by molar-refractivity contribution is 5.98. The van der Waals surface area contributed by atoms with E-state index in [9.17, 15) is 22.8 Å². The minimum Gasteiger partial charge on any atom is -0.493 e. The van der Waals surface area contributed by atoms with Crippen LogP contribution in [0.4, 0.5) is 13.2 Å². The van der Waals surface area contributed by atoms with Crippen molar-refractivity contribution >= 4 is 17.9 Å². The first-order chi connectivity index (χ1) is 13.7. The molecule has 2 amide bonds. The van der Waals surface area contributed by atoms with Crippen molar-refractivity contribution in [2.75, 3.05) is 13.7 Å². The molecule has 2 N–H and O–H groups in total. The lowest BCUT2D eigenvalue weighted by Gasteiger charge is -2.11. The van der Waals surface area contributed by atoms with E-state index in [4.69, 9.17) is 9.47 Å². The van der Waals surface area contributed by atoms with E-state index < -0.39 is 23.6 Å². The molecule has 0 unspecified atom stereocenters. The van der Waals surface area contributed by atoms with Crippen LogP contribution in [0, 0.1) is 0 Å². The molecule has 0 bridgehead atoms. The van der Waals surface area contributed by atoms with Crippen LogP contribution in [0.2, 0.25) is 0 Å². The summed E-state index contributed by atoms with van der Waals surface area (Å²) < 4.78 is 48.6. The first kappa shape index (κ1) is 21.8. The number of halogens is 3. The van der Waals surface area contributed by atoms with Gasteiger partial charge in [0.2, 0.25) is 0 Å². The van der Waals surface area contributed by atoms with Gasteiger partial charge >= 0.3 is 6.18 Å². The van der Waals surface area contributed by atoms with Gasteiger partial charge in [-0.1, -0.05) is 12.1 Å². The van der Waals surface area contributed by atoms with Crippen LogP contribution in [-0.2, 0) is 11.0 Å². The molecule has 2 aromatic carbocycles.